The molecular weight excluding hydrogens is 222 g/mol. The molecule has 2 saturated heterocycles. The van der Waals surface area contributed by atoms with E-state index in [9.17, 15) is 5.11 Å². The highest BCUT2D eigenvalue weighted by atomic mass is 16.3. The van der Waals surface area contributed by atoms with E-state index >= 15 is 0 Å². The summed E-state index contributed by atoms with van der Waals surface area (Å²) >= 11 is 0. The van der Waals surface area contributed by atoms with Gasteiger partial charge in [-0.25, -0.2) is 0 Å². The SMILES string of the molecule is CC1=CCC[C@@H](C)[C@H]1CN1[C@H]2CC[C@H]1CC(O)C2. The van der Waals surface area contributed by atoms with E-state index in [1.54, 1.807) is 5.57 Å². The second-order valence-electron chi connectivity index (χ2n) is 6.82. The number of fused-ring (bicyclic) bond motifs is 2. The normalized spacial score (nSPS) is 45.1. The van der Waals surface area contributed by atoms with Crippen LogP contribution >= 0.6 is 0 Å². The van der Waals surface area contributed by atoms with Crippen LogP contribution in [0, 0.1) is 11.8 Å². The third-order valence-corrected chi connectivity index (χ3v) is 5.63. The predicted octanol–water partition coefficient (Wildman–Crippen LogP) is 2.97. The Morgan fingerprint density at radius 2 is 1.89 bits per heavy atom. The number of piperidine rings is 1. The fraction of sp³-hybridized carbons (Fsp3) is 0.875. The van der Waals surface area contributed by atoms with Crippen molar-refractivity contribution < 1.29 is 5.11 Å². The smallest absolute Gasteiger partial charge is 0.0570 e. The molecule has 2 bridgehead atoms. The standard InChI is InChI=1S/C16H27NO/c1-11-4-3-5-12(2)16(11)10-17-13-6-7-14(17)9-15(18)8-13/h4,12-16,18H,3,5-10H2,1-2H3/t12-,13+,14+,16+/m1/s1. The molecule has 18 heavy (non-hydrogen) atoms. The van der Waals surface area contributed by atoms with Gasteiger partial charge in [-0.2, -0.15) is 0 Å². The fourth-order valence-corrected chi connectivity index (χ4v) is 4.47. The number of aliphatic hydroxyl groups is 1. The van der Waals surface area contributed by atoms with Crippen molar-refractivity contribution in [2.75, 3.05) is 6.54 Å². The molecule has 0 saturated carbocycles. The highest BCUT2D eigenvalue weighted by Gasteiger charge is 2.41. The van der Waals surface area contributed by atoms with Crippen LogP contribution in [0.5, 0.6) is 0 Å². The molecule has 0 aromatic rings. The molecule has 0 aromatic carbocycles. The van der Waals surface area contributed by atoms with Gasteiger partial charge < -0.3 is 5.11 Å². The predicted molar refractivity (Wildman–Crippen MR) is 74.4 cm³/mol. The molecule has 0 radical (unpaired) electrons. The van der Waals surface area contributed by atoms with E-state index in [4.69, 9.17) is 0 Å². The van der Waals surface area contributed by atoms with Gasteiger partial charge >= 0.3 is 0 Å². The molecule has 3 aliphatic rings. The summed E-state index contributed by atoms with van der Waals surface area (Å²) in [5, 5.41) is 9.88. The first kappa shape index (κ1) is 12.7. The first-order valence-corrected chi connectivity index (χ1v) is 7.75. The zero-order valence-corrected chi connectivity index (χ0v) is 11.8. The molecule has 2 nitrogen and oxygen atoms in total. The van der Waals surface area contributed by atoms with Crippen LogP contribution in [0.4, 0.5) is 0 Å². The van der Waals surface area contributed by atoms with Crippen LogP contribution in [0.15, 0.2) is 11.6 Å². The van der Waals surface area contributed by atoms with Gasteiger partial charge in [0.25, 0.3) is 0 Å². The van der Waals surface area contributed by atoms with Crippen LogP contribution in [-0.2, 0) is 0 Å². The molecule has 2 heterocycles. The number of allylic oxidation sites excluding steroid dienone is 1. The van der Waals surface area contributed by atoms with Crippen molar-refractivity contribution in [1.82, 2.24) is 4.90 Å². The molecule has 0 unspecified atom stereocenters. The third-order valence-electron chi connectivity index (χ3n) is 5.63. The lowest BCUT2D eigenvalue weighted by molar-refractivity contribution is 0.0247. The molecule has 4 atom stereocenters. The monoisotopic (exact) mass is 249 g/mol. The number of nitrogens with zero attached hydrogens (tertiary/aromatic N) is 1. The lowest BCUT2D eigenvalue weighted by Gasteiger charge is -2.41. The third kappa shape index (κ3) is 2.25. The van der Waals surface area contributed by atoms with Gasteiger partial charge in [-0.3, -0.25) is 4.90 Å². The molecule has 2 fully saturated rings. The summed E-state index contributed by atoms with van der Waals surface area (Å²) in [6.45, 7) is 5.98. The molecule has 2 aliphatic heterocycles. The van der Waals surface area contributed by atoms with Crippen molar-refractivity contribution >= 4 is 0 Å². The average Bonchev–Trinajstić information content (AvgIpc) is 2.56. The maximum absolute atomic E-state index is 9.88. The summed E-state index contributed by atoms with van der Waals surface area (Å²) in [6.07, 6.45) is 9.70. The van der Waals surface area contributed by atoms with Gasteiger partial charge in [-0.05, 0) is 57.3 Å². The Labute approximate surface area is 111 Å². The lowest BCUT2D eigenvalue weighted by Crippen LogP contribution is -2.47. The minimum Gasteiger partial charge on any atom is -0.393 e. The average molecular weight is 249 g/mol. The first-order valence-electron chi connectivity index (χ1n) is 7.75. The largest absolute Gasteiger partial charge is 0.393 e. The van der Waals surface area contributed by atoms with Crippen LogP contribution in [0.1, 0.15) is 52.4 Å². The maximum Gasteiger partial charge on any atom is 0.0570 e. The fourth-order valence-electron chi connectivity index (χ4n) is 4.47. The van der Waals surface area contributed by atoms with Crippen LogP contribution in [0.3, 0.4) is 0 Å². The Morgan fingerprint density at radius 3 is 2.50 bits per heavy atom. The lowest BCUT2D eigenvalue weighted by atomic mass is 9.79. The number of hydrogen-bond donors (Lipinski definition) is 1. The molecule has 0 spiro atoms. The zero-order chi connectivity index (χ0) is 12.7. The van der Waals surface area contributed by atoms with Gasteiger partial charge in [-0.1, -0.05) is 18.6 Å². The number of aliphatic hydroxyl groups excluding tert-OH is 1. The van der Waals surface area contributed by atoms with E-state index in [1.807, 2.05) is 0 Å². The summed E-state index contributed by atoms with van der Waals surface area (Å²) in [7, 11) is 0. The molecule has 0 amide bonds. The van der Waals surface area contributed by atoms with Gasteiger partial charge in [0.05, 0.1) is 6.10 Å². The van der Waals surface area contributed by atoms with Crippen molar-refractivity contribution in [2.45, 2.75) is 70.6 Å². The Morgan fingerprint density at radius 1 is 1.22 bits per heavy atom. The van der Waals surface area contributed by atoms with Crippen LogP contribution < -0.4 is 0 Å². The molecule has 102 valence electrons. The number of hydrogen-bond acceptors (Lipinski definition) is 2. The second kappa shape index (κ2) is 4.97. The Balaban J connectivity index is 1.69. The minimum absolute atomic E-state index is 0.0285. The van der Waals surface area contributed by atoms with E-state index in [0.29, 0.717) is 12.1 Å². The highest BCUT2D eigenvalue weighted by Crippen LogP contribution is 2.39. The van der Waals surface area contributed by atoms with Crippen molar-refractivity contribution in [3.8, 4) is 0 Å². The minimum atomic E-state index is -0.0285. The van der Waals surface area contributed by atoms with E-state index < -0.39 is 0 Å². The van der Waals surface area contributed by atoms with Gasteiger partial charge in [0.2, 0.25) is 0 Å². The quantitative estimate of drug-likeness (QED) is 0.761. The van der Waals surface area contributed by atoms with Crippen LogP contribution in [0.2, 0.25) is 0 Å². The van der Waals surface area contributed by atoms with E-state index in [-0.39, 0.29) is 6.10 Å². The van der Waals surface area contributed by atoms with E-state index in [2.05, 4.69) is 24.8 Å². The Kier molecular flexibility index (Phi) is 3.50. The molecule has 1 N–H and O–H groups in total. The van der Waals surface area contributed by atoms with Gasteiger partial charge in [-0.15, -0.1) is 0 Å². The molecule has 3 rings (SSSR count). The maximum atomic E-state index is 9.88. The molecular formula is C16H27NO. The van der Waals surface area contributed by atoms with Crippen molar-refractivity contribution in [3.05, 3.63) is 11.6 Å². The number of rotatable bonds is 2. The van der Waals surface area contributed by atoms with Crippen molar-refractivity contribution in [1.29, 1.82) is 0 Å². The van der Waals surface area contributed by atoms with Gasteiger partial charge in [0.15, 0.2) is 0 Å². The summed E-state index contributed by atoms with van der Waals surface area (Å²) in [5.74, 6) is 1.60. The summed E-state index contributed by atoms with van der Waals surface area (Å²) in [4.78, 5) is 2.73. The van der Waals surface area contributed by atoms with E-state index in [1.165, 1.54) is 32.2 Å². The van der Waals surface area contributed by atoms with Crippen molar-refractivity contribution in [3.63, 3.8) is 0 Å². The Bertz CT molecular complexity index is 324. The topological polar surface area (TPSA) is 23.5 Å². The van der Waals surface area contributed by atoms with Gasteiger partial charge in [0, 0.05) is 18.6 Å². The molecule has 2 heteroatoms. The molecule has 1 aliphatic carbocycles. The van der Waals surface area contributed by atoms with E-state index in [0.717, 1.165) is 24.7 Å². The summed E-state index contributed by atoms with van der Waals surface area (Å²) < 4.78 is 0. The summed E-state index contributed by atoms with van der Waals surface area (Å²) in [6, 6.07) is 1.33. The van der Waals surface area contributed by atoms with Crippen LogP contribution in [0.25, 0.3) is 0 Å². The zero-order valence-electron chi connectivity index (χ0n) is 11.8. The second-order valence-corrected chi connectivity index (χ2v) is 6.82. The van der Waals surface area contributed by atoms with Crippen molar-refractivity contribution in [2.24, 2.45) is 11.8 Å². The van der Waals surface area contributed by atoms with Gasteiger partial charge in [0.1, 0.15) is 0 Å². The summed E-state index contributed by atoms with van der Waals surface area (Å²) in [5.41, 5.74) is 1.61. The Hall–Kier alpha value is -0.340. The van der Waals surface area contributed by atoms with Crippen LogP contribution in [-0.4, -0.2) is 34.7 Å². The highest BCUT2D eigenvalue weighted by molar-refractivity contribution is 5.10. The molecule has 0 aromatic heterocycles. The first-order chi connectivity index (χ1) is 8.65.